The van der Waals surface area contributed by atoms with E-state index in [-0.39, 0.29) is 6.61 Å². The Kier molecular flexibility index (Phi) is 7.17. The van der Waals surface area contributed by atoms with Gasteiger partial charge in [0.15, 0.2) is 5.56 Å². The standard InChI is InChI=1S/C12H11Cl2NO8/c13-7-5-6(11(18)22-3-1-16)9(14)10(15(20)21)8(7)12(19)23-4-2-17/h5,16-17H,1-4H2. The Morgan fingerprint density at radius 1 is 1.13 bits per heavy atom. The molecule has 0 heterocycles. The molecule has 1 aromatic rings. The Bertz CT molecular complexity index is 634. The minimum absolute atomic E-state index is 0.346. The lowest BCUT2D eigenvalue weighted by Gasteiger charge is -2.10. The SMILES string of the molecule is O=C(OCCO)c1cc(Cl)c(C(=O)OCCO)c([N+](=O)[O-])c1Cl. The van der Waals surface area contributed by atoms with E-state index in [0.29, 0.717) is 0 Å². The van der Waals surface area contributed by atoms with Gasteiger partial charge in [0, 0.05) is 0 Å². The van der Waals surface area contributed by atoms with Gasteiger partial charge in [-0.05, 0) is 6.07 Å². The van der Waals surface area contributed by atoms with Crippen LogP contribution in [-0.4, -0.2) is 53.5 Å². The summed E-state index contributed by atoms with van der Waals surface area (Å²) in [5.74, 6) is -2.22. The van der Waals surface area contributed by atoms with Crippen molar-refractivity contribution in [3.63, 3.8) is 0 Å². The highest BCUT2D eigenvalue weighted by Crippen LogP contribution is 2.37. The number of hydrogen-bond donors (Lipinski definition) is 2. The zero-order valence-corrected chi connectivity index (χ0v) is 13.0. The van der Waals surface area contributed by atoms with Gasteiger partial charge in [0.1, 0.15) is 18.2 Å². The summed E-state index contributed by atoms with van der Waals surface area (Å²) in [6, 6.07) is 0.923. The van der Waals surface area contributed by atoms with Gasteiger partial charge in [-0.15, -0.1) is 0 Å². The van der Waals surface area contributed by atoms with Crippen molar-refractivity contribution in [1.82, 2.24) is 0 Å². The number of aliphatic hydroxyl groups is 2. The molecule has 0 amide bonds. The molecule has 0 fully saturated rings. The van der Waals surface area contributed by atoms with E-state index in [1.165, 1.54) is 0 Å². The summed E-state index contributed by atoms with van der Waals surface area (Å²) in [5.41, 5.74) is -2.00. The Balaban J connectivity index is 3.39. The van der Waals surface area contributed by atoms with E-state index in [1.54, 1.807) is 0 Å². The van der Waals surface area contributed by atoms with Crippen LogP contribution >= 0.6 is 23.2 Å². The lowest BCUT2D eigenvalue weighted by molar-refractivity contribution is -0.385. The normalized spacial score (nSPS) is 10.3. The molecule has 9 nitrogen and oxygen atoms in total. The average Bonchev–Trinajstić information content (AvgIpc) is 2.51. The molecule has 0 atom stereocenters. The third kappa shape index (κ3) is 4.52. The third-order valence-electron chi connectivity index (χ3n) is 2.45. The summed E-state index contributed by atoms with van der Waals surface area (Å²) in [7, 11) is 0. The number of carbonyl (C=O) groups excluding carboxylic acids is 2. The third-order valence-corrected chi connectivity index (χ3v) is 3.13. The Morgan fingerprint density at radius 2 is 1.65 bits per heavy atom. The molecule has 0 aromatic heterocycles. The highest BCUT2D eigenvalue weighted by atomic mass is 35.5. The molecule has 126 valence electrons. The van der Waals surface area contributed by atoms with Crippen molar-refractivity contribution in [2.24, 2.45) is 0 Å². The first-order valence-corrected chi connectivity index (χ1v) is 6.83. The quantitative estimate of drug-likeness (QED) is 0.416. The van der Waals surface area contributed by atoms with Crippen LogP contribution in [0.5, 0.6) is 0 Å². The van der Waals surface area contributed by atoms with Crippen LogP contribution in [0.3, 0.4) is 0 Å². The van der Waals surface area contributed by atoms with E-state index in [0.717, 1.165) is 6.07 Å². The maximum absolute atomic E-state index is 11.8. The Labute approximate surface area is 139 Å². The molecule has 11 heteroatoms. The molecule has 0 saturated carbocycles. The van der Waals surface area contributed by atoms with Crippen LogP contribution in [0.1, 0.15) is 20.7 Å². The number of benzene rings is 1. The Morgan fingerprint density at radius 3 is 2.13 bits per heavy atom. The maximum atomic E-state index is 11.8. The zero-order chi connectivity index (χ0) is 17.6. The predicted molar refractivity (Wildman–Crippen MR) is 77.9 cm³/mol. The van der Waals surface area contributed by atoms with E-state index in [9.17, 15) is 19.7 Å². The van der Waals surface area contributed by atoms with Crippen molar-refractivity contribution in [1.29, 1.82) is 0 Å². The van der Waals surface area contributed by atoms with Crippen LogP contribution in [0.15, 0.2) is 6.07 Å². The summed E-state index contributed by atoms with van der Waals surface area (Å²) in [6.45, 7) is -1.69. The number of aliphatic hydroxyl groups excluding tert-OH is 2. The van der Waals surface area contributed by atoms with Crippen LogP contribution in [0.4, 0.5) is 5.69 Å². The van der Waals surface area contributed by atoms with Crippen LogP contribution in [-0.2, 0) is 9.47 Å². The van der Waals surface area contributed by atoms with Crippen molar-refractivity contribution in [2.45, 2.75) is 0 Å². The lowest BCUT2D eigenvalue weighted by atomic mass is 10.1. The highest BCUT2D eigenvalue weighted by Gasteiger charge is 2.33. The number of halogens is 2. The average molecular weight is 368 g/mol. The predicted octanol–water partition coefficient (Wildman–Crippen LogP) is 1.20. The molecular formula is C12H11Cl2NO8. The van der Waals surface area contributed by atoms with Crippen molar-refractivity contribution >= 4 is 40.8 Å². The smallest absolute Gasteiger partial charge is 0.346 e. The summed E-state index contributed by atoms with van der Waals surface area (Å²) in [4.78, 5) is 33.8. The number of nitro groups is 1. The van der Waals surface area contributed by atoms with Gasteiger partial charge in [-0.2, -0.15) is 0 Å². The second kappa shape index (κ2) is 8.63. The summed E-state index contributed by atoms with van der Waals surface area (Å²) in [5, 5.41) is 27.3. The van der Waals surface area contributed by atoms with E-state index in [2.05, 4.69) is 9.47 Å². The molecule has 0 saturated heterocycles. The molecule has 0 radical (unpaired) electrons. The van der Waals surface area contributed by atoms with Crippen LogP contribution in [0.2, 0.25) is 10.0 Å². The van der Waals surface area contributed by atoms with Gasteiger partial charge in [0.05, 0.1) is 28.7 Å². The fourth-order valence-electron chi connectivity index (χ4n) is 1.55. The molecular weight excluding hydrogens is 357 g/mol. The zero-order valence-electron chi connectivity index (χ0n) is 11.5. The minimum Gasteiger partial charge on any atom is -0.460 e. The van der Waals surface area contributed by atoms with Gasteiger partial charge in [-0.1, -0.05) is 23.2 Å². The van der Waals surface area contributed by atoms with Crippen molar-refractivity contribution in [3.05, 3.63) is 37.4 Å². The molecule has 23 heavy (non-hydrogen) atoms. The number of nitro benzene ring substituents is 1. The monoisotopic (exact) mass is 367 g/mol. The number of hydrogen-bond acceptors (Lipinski definition) is 8. The lowest BCUT2D eigenvalue weighted by Crippen LogP contribution is -2.15. The number of rotatable bonds is 7. The molecule has 0 unspecified atom stereocenters. The first kappa shape index (κ1) is 19.1. The fraction of sp³-hybridized carbons (Fsp3) is 0.333. The van der Waals surface area contributed by atoms with Crippen LogP contribution in [0.25, 0.3) is 0 Å². The van der Waals surface area contributed by atoms with Crippen LogP contribution in [0, 0.1) is 10.1 Å². The van der Waals surface area contributed by atoms with E-state index >= 15 is 0 Å². The first-order valence-electron chi connectivity index (χ1n) is 6.07. The summed E-state index contributed by atoms with van der Waals surface area (Å²) in [6.07, 6.45) is 0. The van der Waals surface area contributed by atoms with Crippen molar-refractivity contribution in [3.8, 4) is 0 Å². The molecule has 0 aliphatic rings. The van der Waals surface area contributed by atoms with Gasteiger partial charge < -0.3 is 19.7 Å². The molecule has 2 N–H and O–H groups in total. The largest absolute Gasteiger partial charge is 0.460 e. The number of ether oxygens (including phenoxy) is 2. The fourth-order valence-corrected chi connectivity index (χ4v) is 2.12. The molecule has 0 spiro atoms. The number of esters is 2. The Hall–Kier alpha value is -1.94. The molecule has 0 aliphatic carbocycles. The minimum atomic E-state index is -1.17. The van der Waals surface area contributed by atoms with Crippen molar-refractivity contribution in [2.75, 3.05) is 26.4 Å². The van der Waals surface area contributed by atoms with Gasteiger partial charge in [-0.3, -0.25) is 10.1 Å². The molecule has 1 rings (SSSR count). The first-order chi connectivity index (χ1) is 10.8. The van der Waals surface area contributed by atoms with E-state index < -0.39 is 63.5 Å². The maximum Gasteiger partial charge on any atom is 0.346 e. The van der Waals surface area contributed by atoms with Gasteiger partial charge in [-0.25, -0.2) is 9.59 Å². The van der Waals surface area contributed by atoms with Gasteiger partial charge in [0.2, 0.25) is 0 Å². The molecule has 0 aliphatic heterocycles. The number of carbonyl (C=O) groups is 2. The van der Waals surface area contributed by atoms with Gasteiger partial charge >= 0.3 is 17.6 Å². The highest BCUT2D eigenvalue weighted by molar-refractivity contribution is 6.40. The topological polar surface area (TPSA) is 136 Å². The second-order valence-corrected chi connectivity index (χ2v) is 4.70. The molecule has 0 bridgehead atoms. The van der Waals surface area contributed by atoms with Crippen LogP contribution < -0.4 is 0 Å². The summed E-state index contributed by atoms with van der Waals surface area (Å²) < 4.78 is 9.19. The van der Waals surface area contributed by atoms with E-state index in [4.69, 9.17) is 33.4 Å². The summed E-state index contributed by atoms with van der Waals surface area (Å²) >= 11 is 11.6. The number of nitrogens with zero attached hydrogens (tertiary/aromatic N) is 1. The van der Waals surface area contributed by atoms with Gasteiger partial charge in [0.25, 0.3) is 0 Å². The molecule has 1 aromatic carbocycles. The van der Waals surface area contributed by atoms with E-state index in [1.807, 2.05) is 0 Å². The van der Waals surface area contributed by atoms with Crippen molar-refractivity contribution < 1.29 is 34.2 Å². The second-order valence-electron chi connectivity index (χ2n) is 3.92.